The minimum atomic E-state index is -0.395. The highest BCUT2D eigenvalue weighted by Crippen LogP contribution is 2.22. The summed E-state index contributed by atoms with van der Waals surface area (Å²) in [6.07, 6.45) is -0.276. The van der Waals surface area contributed by atoms with Crippen molar-refractivity contribution in [2.45, 2.75) is 6.10 Å². The molecule has 0 saturated carbocycles. The number of carbonyl (C=O) groups excluding carboxylic acids is 1. The summed E-state index contributed by atoms with van der Waals surface area (Å²) in [6, 6.07) is 11.5. The molecule has 0 bridgehead atoms. The fraction of sp³-hybridized carbons (Fsp3) is 0.368. The largest absolute Gasteiger partial charge is 0.484 e. The zero-order chi connectivity index (χ0) is 18.5. The average molecular weight is 359 g/mol. The van der Waals surface area contributed by atoms with E-state index in [4.69, 9.17) is 9.47 Å². The lowest BCUT2D eigenvalue weighted by molar-refractivity contribution is -0.141. The van der Waals surface area contributed by atoms with Crippen molar-refractivity contribution in [1.29, 1.82) is 0 Å². The maximum atomic E-state index is 13.2. The van der Waals surface area contributed by atoms with Crippen molar-refractivity contribution in [1.82, 2.24) is 9.88 Å². The summed E-state index contributed by atoms with van der Waals surface area (Å²) in [5.74, 6) is 0.618. The van der Waals surface area contributed by atoms with Crippen molar-refractivity contribution in [2.75, 3.05) is 45.3 Å². The summed E-state index contributed by atoms with van der Waals surface area (Å²) in [4.78, 5) is 20.6. The topological polar surface area (TPSA) is 54.9 Å². The molecule has 138 valence electrons. The van der Waals surface area contributed by atoms with Crippen LogP contribution in [-0.2, 0) is 9.53 Å². The fourth-order valence-corrected chi connectivity index (χ4v) is 2.72. The molecule has 0 aliphatic carbocycles. The molecule has 1 aromatic carbocycles. The molecule has 1 aliphatic rings. The minimum absolute atomic E-state index is 0.138. The van der Waals surface area contributed by atoms with Crippen molar-refractivity contribution in [3.05, 3.63) is 54.0 Å². The smallest absolute Gasteiger partial charge is 0.260 e. The van der Waals surface area contributed by atoms with E-state index in [-0.39, 0.29) is 18.6 Å². The third-order valence-electron chi connectivity index (χ3n) is 4.12. The molecule has 6 nitrogen and oxygen atoms in total. The van der Waals surface area contributed by atoms with Crippen LogP contribution in [0.25, 0.3) is 0 Å². The Morgan fingerprint density at radius 1 is 1.35 bits per heavy atom. The SMILES string of the molecule is CN(C)c1cccc(C2CN(C(=O)COc3cccc(F)c3)CCO2)n1. The molecule has 3 rings (SSSR count). The number of nitrogens with zero attached hydrogens (tertiary/aromatic N) is 3. The number of morpholine rings is 1. The van der Waals surface area contributed by atoms with E-state index in [1.165, 1.54) is 12.1 Å². The Morgan fingerprint density at radius 2 is 2.15 bits per heavy atom. The van der Waals surface area contributed by atoms with Crippen molar-refractivity contribution < 1.29 is 18.7 Å². The molecule has 2 heterocycles. The Balaban J connectivity index is 1.61. The molecule has 0 radical (unpaired) electrons. The van der Waals surface area contributed by atoms with Crippen LogP contribution < -0.4 is 9.64 Å². The number of ether oxygens (including phenoxy) is 2. The number of pyridine rings is 1. The maximum absolute atomic E-state index is 13.2. The van der Waals surface area contributed by atoms with Crippen LogP contribution in [0.15, 0.2) is 42.5 Å². The minimum Gasteiger partial charge on any atom is -0.484 e. The maximum Gasteiger partial charge on any atom is 0.260 e. The highest BCUT2D eigenvalue weighted by Gasteiger charge is 2.26. The molecule has 1 atom stereocenters. The van der Waals surface area contributed by atoms with Gasteiger partial charge in [-0.3, -0.25) is 4.79 Å². The zero-order valence-corrected chi connectivity index (χ0v) is 14.9. The molecule has 26 heavy (non-hydrogen) atoms. The summed E-state index contributed by atoms with van der Waals surface area (Å²) in [7, 11) is 3.85. The second-order valence-electron chi connectivity index (χ2n) is 6.26. The summed E-state index contributed by atoms with van der Waals surface area (Å²) in [5.41, 5.74) is 0.791. The second-order valence-corrected chi connectivity index (χ2v) is 6.26. The molecule has 7 heteroatoms. The second kappa shape index (κ2) is 8.14. The van der Waals surface area contributed by atoms with E-state index in [1.54, 1.807) is 17.0 Å². The van der Waals surface area contributed by atoms with E-state index in [0.29, 0.717) is 25.4 Å². The van der Waals surface area contributed by atoms with Gasteiger partial charge in [0.15, 0.2) is 6.61 Å². The van der Waals surface area contributed by atoms with E-state index in [9.17, 15) is 9.18 Å². The van der Waals surface area contributed by atoms with Crippen LogP contribution in [-0.4, -0.2) is 56.2 Å². The predicted molar refractivity (Wildman–Crippen MR) is 95.7 cm³/mol. The number of hydrogen-bond acceptors (Lipinski definition) is 5. The third-order valence-corrected chi connectivity index (χ3v) is 4.12. The first-order valence-corrected chi connectivity index (χ1v) is 8.45. The van der Waals surface area contributed by atoms with Gasteiger partial charge < -0.3 is 19.3 Å². The van der Waals surface area contributed by atoms with Gasteiger partial charge in [-0.15, -0.1) is 0 Å². The lowest BCUT2D eigenvalue weighted by atomic mass is 10.2. The summed E-state index contributed by atoms with van der Waals surface area (Å²) >= 11 is 0. The average Bonchev–Trinajstić information content (AvgIpc) is 2.66. The van der Waals surface area contributed by atoms with Gasteiger partial charge in [-0.05, 0) is 24.3 Å². The molecule has 1 aromatic heterocycles. The zero-order valence-electron chi connectivity index (χ0n) is 14.9. The molecule has 2 aromatic rings. The van der Waals surface area contributed by atoms with Crippen LogP contribution in [0, 0.1) is 5.82 Å². The normalized spacial score (nSPS) is 17.0. The van der Waals surface area contributed by atoms with E-state index < -0.39 is 5.82 Å². The van der Waals surface area contributed by atoms with Crippen LogP contribution in [0.5, 0.6) is 5.75 Å². The third kappa shape index (κ3) is 4.49. The highest BCUT2D eigenvalue weighted by molar-refractivity contribution is 5.78. The lowest BCUT2D eigenvalue weighted by Crippen LogP contribution is -2.44. The number of carbonyl (C=O) groups is 1. The summed E-state index contributed by atoms with van der Waals surface area (Å²) in [5, 5.41) is 0. The van der Waals surface area contributed by atoms with Crippen LogP contribution in [0.2, 0.25) is 0 Å². The molecular weight excluding hydrogens is 337 g/mol. The van der Waals surface area contributed by atoms with Crippen LogP contribution in [0.4, 0.5) is 10.2 Å². The standard InChI is InChI=1S/C19H22FN3O3/c1-22(2)18-8-4-7-16(21-18)17-12-23(9-10-25-17)19(24)13-26-15-6-3-5-14(20)11-15/h3-8,11,17H,9-10,12-13H2,1-2H3. The lowest BCUT2D eigenvalue weighted by Gasteiger charge is -2.32. The van der Waals surface area contributed by atoms with Crippen molar-refractivity contribution in [2.24, 2.45) is 0 Å². The first-order chi connectivity index (χ1) is 12.5. The Labute approximate surface area is 152 Å². The van der Waals surface area contributed by atoms with E-state index in [1.807, 2.05) is 37.2 Å². The number of benzene rings is 1. The molecule has 0 N–H and O–H groups in total. The van der Waals surface area contributed by atoms with E-state index >= 15 is 0 Å². The molecule has 1 fully saturated rings. The van der Waals surface area contributed by atoms with Gasteiger partial charge in [0.25, 0.3) is 5.91 Å². The Morgan fingerprint density at radius 3 is 2.92 bits per heavy atom. The van der Waals surface area contributed by atoms with Crippen LogP contribution in [0.1, 0.15) is 11.8 Å². The van der Waals surface area contributed by atoms with Crippen molar-refractivity contribution in [3.8, 4) is 5.75 Å². The van der Waals surface area contributed by atoms with Gasteiger partial charge >= 0.3 is 0 Å². The summed E-state index contributed by atoms with van der Waals surface area (Å²) in [6.45, 7) is 1.20. The predicted octanol–water partition coefficient (Wildman–Crippen LogP) is 2.27. The number of anilines is 1. The van der Waals surface area contributed by atoms with Crippen molar-refractivity contribution in [3.63, 3.8) is 0 Å². The van der Waals surface area contributed by atoms with Crippen LogP contribution >= 0.6 is 0 Å². The number of hydrogen-bond donors (Lipinski definition) is 0. The molecule has 1 amide bonds. The molecule has 1 aliphatic heterocycles. The Kier molecular flexibility index (Phi) is 5.68. The Hall–Kier alpha value is -2.67. The molecule has 0 spiro atoms. The highest BCUT2D eigenvalue weighted by atomic mass is 19.1. The molecular formula is C19H22FN3O3. The number of amides is 1. The molecule has 1 saturated heterocycles. The van der Waals surface area contributed by atoms with Gasteiger partial charge in [0, 0.05) is 26.7 Å². The van der Waals surface area contributed by atoms with Gasteiger partial charge in [0.1, 0.15) is 23.5 Å². The monoisotopic (exact) mass is 359 g/mol. The van der Waals surface area contributed by atoms with Gasteiger partial charge in [-0.1, -0.05) is 12.1 Å². The first-order valence-electron chi connectivity index (χ1n) is 8.45. The van der Waals surface area contributed by atoms with E-state index in [0.717, 1.165) is 11.5 Å². The van der Waals surface area contributed by atoms with Gasteiger partial charge in [-0.2, -0.15) is 0 Å². The Bertz CT molecular complexity index is 769. The quantitative estimate of drug-likeness (QED) is 0.820. The number of rotatable bonds is 5. The van der Waals surface area contributed by atoms with Gasteiger partial charge in [0.05, 0.1) is 18.8 Å². The van der Waals surface area contributed by atoms with Crippen molar-refractivity contribution >= 4 is 11.7 Å². The number of aromatic nitrogens is 1. The number of halogens is 1. The first kappa shape index (κ1) is 18.1. The summed E-state index contributed by atoms with van der Waals surface area (Å²) < 4.78 is 24.4. The van der Waals surface area contributed by atoms with Gasteiger partial charge in [0.2, 0.25) is 0 Å². The van der Waals surface area contributed by atoms with Gasteiger partial charge in [-0.25, -0.2) is 9.37 Å². The fourth-order valence-electron chi connectivity index (χ4n) is 2.72. The van der Waals surface area contributed by atoms with E-state index in [2.05, 4.69) is 4.98 Å². The molecule has 1 unspecified atom stereocenters. The van der Waals surface area contributed by atoms with Crippen LogP contribution in [0.3, 0.4) is 0 Å².